The van der Waals surface area contributed by atoms with Crippen LogP contribution in [0.4, 0.5) is 0 Å². The first-order valence-corrected chi connectivity index (χ1v) is 4.86. The summed E-state index contributed by atoms with van der Waals surface area (Å²) < 4.78 is 12.3. The fourth-order valence-electron chi connectivity index (χ4n) is 1.55. The molecule has 0 bridgehead atoms. The van der Waals surface area contributed by atoms with E-state index >= 15 is 0 Å². The monoisotopic (exact) mass is 219 g/mol. The van der Waals surface area contributed by atoms with E-state index in [1.165, 1.54) is 0 Å². The highest BCUT2D eigenvalue weighted by molar-refractivity contribution is 5.57. The molecule has 0 fully saturated rings. The Bertz CT molecular complexity index is 471. The Morgan fingerprint density at radius 2 is 1.75 bits per heavy atom. The fourth-order valence-corrected chi connectivity index (χ4v) is 1.55. The topological polar surface area (TPSA) is 49.2 Å². The van der Waals surface area contributed by atoms with E-state index in [2.05, 4.69) is 10.3 Å². The van der Waals surface area contributed by atoms with Crippen molar-refractivity contribution in [2.24, 2.45) is 0 Å². The number of benzene rings is 1. The highest BCUT2D eigenvalue weighted by Gasteiger charge is 2.14. The van der Waals surface area contributed by atoms with E-state index in [0.29, 0.717) is 11.5 Å². The lowest BCUT2D eigenvalue weighted by atomic mass is 10.2. The van der Waals surface area contributed by atoms with Gasteiger partial charge in [-0.1, -0.05) is 11.3 Å². The maximum absolute atomic E-state index is 5.30. The molecule has 0 saturated heterocycles. The van der Waals surface area contributed by atoms with Crippen LogP contribution in [0.1, 0.15) is 5.69 Å². The third kappa shape index (κ3) is 1.60. The van der Waals surface area contributed by atoms with Gasteiger partial charge in [-0.15, -0.1) is 5.10 Å². The van der Waals surface area contributed by atoms with Gasteiger partial charge in [0.2, 0.25) is 0 Å². The normalized spacial score (nSPS) is 10.2. The van der Waals surface area contributed by atoms with Gasteiger partial charge in [0.05, 0.1) is 26.1 Å². The molecule has 0 amide bonds. The lowest BCUT2D eigenvalue weighted by molar-refractivity contribution is 0.388. The molecule has 1 aromatic carbocycles. The number of nitrogens with zero attached hydrogens (tertiary/aromatic N) is 3. The summed E-state index contributed by atoms with van der Waals surface area (Å²) in [5.74, 6) is 1.40. The van der Waals surface area contributed by atoms with Crippen LogP contribution in [0.25, 0.3) is 5.69 Å². The van der Waals surface area contributed by atoms with Crippen LogP contribution in [0.3, 0.4) is 0 Å². The molecular formula is C11H13N3O2. The molecular weight excluding hydrogens is 206 g/mol. The molecule has 16 heavy (non-hydrogen) atoms. The largest absolute Gasteiger partial charge is 0.494 e. The van der Waals surface area contributed by atoms with E-state index in [9.17, 15) is 0 Å². The van der Waals surface area contributed by atoms with Crippen molar-refractivity contribution in [2.45, 2.75) is 6.92 Å². The molecule has 2 aromatic rings. The molecule has 0 radical (unpaired) electrons. The van der Waals surface area contributed by atoms with E-state index in [0.717, 1.165) is 11.4 Å². The van der Waals surface area contributed by atoms with E-state index in [4.69, 9.17) is 9.47 Å². The number of ether oxygens (including phenoxy) is 2. The molecule has 1 heterocycles. The molecule has 0 atom stereocenters. The second-order valence-electron chi connectivity index (χ2n) is 3.30. The quantitative estimate of drug-likeness (QED) is 0.786. The van der Waals surface area contributed by atoms with Gasteiger partial charge < -0.3 is 9.47 Å². The minimum Gasteiger partial charge on any atom is -0.494 e. The molecule has 0 aliphatic carbocycles. The Kier molecular flexibility index (Phi) is 2.76. The highest BCUT2D eigenvalue weighted by Crippen LogP contribution is 2.32. The summed E-state index contributed by atoms with van der Waals surface area (Å²) in [6.45, 7) is 1.92. The van der Waals surface area contributed by atoms with Crippen molar-refractivity contribution in [1.29, 1.82) is 0 Å². The predicted octanol–water partition coefficient (Wildman–Crippen LogP) is 1.59. The van der Waals surface area contributed by atoms with E-state index in [1.54, 1.807) is 25.1 Å². The molecule has 0 aliphatic rings. The average molecular weight is 219 g/mol. The summed E-state index contributed by atoms with van der Waals surface area (Å²) in [5, 5.41) is 7.86. The van der Waals surface area contributed by atoms with Crippen molar-refractivity contribution in [2.75, 3.05) is 14.2 Å². The number of hydrogen-bond acceptors (Lipinski definition) is 4. The van der Waals surface area contributed by atoms with Crippen molar-refractivity contribution in [1.82, 2.24) is 15.0 Å². The van der Waals surface area contributed by atoms with Crippen LogP contribution in [0.15, 0.2) is 24.4 Å². The van der Waals surface area contributed by atoms with E-state index in [1.807, 2.05) is 25.1 Å². The zero-order valence-electron chi connectivity index (χ0n) is 9.47. The zero-order valence-corrected chi connectivity index (χ0v) is 9.47. The molecule has 0 unspecified atom stereocenters. The van der Waals surface area contributed by atoms with Crippen LogP contribution >= 0.6 is 0 Å². The van der Waals surface area contributed by atoms with Gasteiger partial charge >= 0.3 is 0 Å². The zero-order chi connectivity index (χ0) is 11.5. The number of hydrogen-bond donors (Lipinski definition) is 0. The van der Waals surface area contributed by atoms with Crippen LogP contribution in [0, 0.1) is 6.92 Å². The van der Waals surface area contributed by atoms with Gasteiger partial charge in [-0.05, 0) is 19.1 Å². The second kappa shape index (κ2) is 4.22. The predicted molar refractivity (Wildman–Crippen MR) is 59.2 cm³/mol. The number of aromatic nitrogens is 3. The third-order valence-electron chi connectivity index (χ3n) is 2.33. The van der Waals surface area contributed by atoms with Gasteiger partial charge in [0.15, 0.2) is 5.69 Å². The second-order valence-corrected chi connectivity index (χ2v) is 3.30. The molecule has 1 aromatic heterocycles. The van der Waals surface area contributed by atoms with Gasteiger partial charge in [0.1, 0.15) is 11.5 Å². The first kappa shape index (κ1) is 10.5. The Balaban J connectivity index is 2.66. The summed E-state index contributed by atoms with van der Waals surface area (Å²) >= 11 is 0. The van der Waals surface area contributed by atoms with Crippen LogP contribution in [0.2, 0.25) is 0 Å². The standard InChI is InChI=1S/C11H13N3O2/c1-8-7-12-13-14(8)11-9(15-2)5-4-6-10(11)16-3/h4-7H,1-3H3. The third-order valence-corrected chi connectivity index (χ3v) is 2.33. The minimum atomic E-state index is 0.702. The summed E-state index contributed by atoms with van der Waals surface area (Å²) in [4.78, 5) is 0. The van der Waals surface area contributed by atoms with Crippen molar-refractivity contribution >= 4 is 0 Å². The molecule has 0 N–H and O–H groups in total. The van der Waals surface area contributed by atoms with E-state index < -0.39 is 0 Å². The summed E-state index contributed by atoms with van der Waals surface area (Å²) in [6.07, 6.45) is 1.69. The Morgan fingerprint density at radius 3 is 2.19 bits per heavy atom. The molecule has 2 rings (SSSR count). The molecule has 0 spiro atoms. The average Bonchev–Trinajstić information content (AvgIpc) is 2.74. The fraction of sp³-hybridized carbons (Fsp3) is 0.273. The van der Waals surface area contributed by atoms with Gasteiger partial charge in [-0.25, -0.2) is 4.68 Å². The SMILES string of the molecule is COc1cccc(OC)c1-n1nncc1C. The summed E-state index contributed by atoms with van der Waals surface area (Å²) in [5.41, 5.74) is 1.69. The van der Waals surface area contributed by atoms with Gasteiger partial charge in [-0.3, -0.25) is 0 Å². The Morgan fingerprint density at radius 1 is 1.12 bits per heavy atom. The van der Waals surface area contributed by atoms with Crippen molar-refractivity contribution in [3.8, 4) is 17.2 Å². The van der Waals surface area contributed by atoms with Crippen LogP contribution in [-0.4, -0.2) is 29.2 Å². The van der Waals surface area contributed by atoms with Crippen LogP contribution < -0.4 is 9.47 Å². The number of aryl methyl sites for hydroxylation is 1. The minimum absolute atomic E-state index is 0.702. The van der Waals surface area contributed by atoms with Crippen molar-refractivity contribution in [3.63, 3.8) is 0 Å². The van der Waals surface area contributed by atoms with Gasteiger partial charge in [0, 0.05) is 0 Å². The molecule has 0 aliphatic heterocycles. The highest BCUT2D eigenvalue weighted by atomic mass is 16.5. The molecule has 5 heteroatoms. The Hall–Kier alpha value is -2.04. The van der Waals surface area contributed by atoms with Crippen molar-refractivity contribution in [3.05, 3.63) is 30.1 Å². The van der Waals surface area contributed by atoms with Gasteiger partial charge in [0.25, 0.3) is 0 Å². The smallest absolute Gasteiger partial charge is 0.150 e. The number of rotatable bonds is 3. The number of para-hydroxylation sites is 1. The summed E-state index contributed by atoms with van der Waals surface area (Å²) in [6, 6.07) is 5.59. The first-order chi connectivity index (χ1) is 7.77. The number of methoxy groups -OCH3 is 2. The maximum atomic E-state index is 5.30. The first-order valence-electron chi connectivity index (χ1n) is 4.86. The van der Waals surface area contributed by atoms with Gasteiger partial charge in [-0.2, -0.15) is 0 Å². The molecule has 84 valence electrons. The summed E-state index contributed by atoms with van der Waals surface area (Å²) in [7, 11) is 3.23. The molecule has 5 nitrogen and oxygen atoms in total. The van der Waals surface area contributed by atoms with Crippen LogP contribution in [-0.2, 0) is 0 Å². The van der Waals surface area contributed by atoms with E-state index in [-0.39, 0.29) is 0 Å². The van der Waals surface area contributed by atoms with Crippen molar-refractivity contribution < 1.29 is 9.47 Å². The Labute approximate surface area is 93.6 Å². The lowest BCUT2D eigenvalue weighted by Crippen LogP contribution is -2.04. The van der Waals surface area contributed by atoms with Crippen LogP contribution in [0.5, 0.6) is 11.5 Å². The lowest BCUT2D eigenvalue weighted by Gasteiger charge is -2.13. The maximum Gasteiger partial charge on any atom is 0.150 e. The molecule has 0 saturated carbocycles.